The quantitative estimate of drug-likeness (QED) is 0.203. The maximum atomic E-state index is 13.2. The molecule has 3 amide bonds. The molecule has 0 fully saturated rings. The molecule has 0 spiro atoms. The van der Waals surface area contributed by atoms with Gasteiger partial charge in [0.15, 0.2) is 0 Å². The highest BCUT2D eigenvalue weighted by Gasteiger charge is 2.25. The minimum absolute atomic E-state index is 0.103. The third-order valence-corrected chi connectivity index (χ3v) is 7.04. The Balaban J connectivity index is 1.45. The number of tetrazole rings is 1. The van der Waals surface area contributed by atoms with Crippen LogP contribution in [0.15, 0.2) is 48.8 Å². The van der Waals surface area contributed by atoms with E-state index in [1.165, 1.54) is 24.2 Å². The smallest absolute Gasteiger partial charge is 0.411 e. The van der Waals surface area contributed by atoms with Gasteiger partial charge in [0.25, 0.3) is 5.91 Å². The number of carbonyl (C=O) groups excluding carboxylic acids is 3. The van der Waals surface area contributed by atoms with E-state index in [1.54, 1.807) is 42.5 Å². The molecule has 5 rings (SSSR count). The lowest BCUT2D eigenvalue weighted by Gasteiger charge is -2.17. The maximum Gasteiger partial charge on any atom is 0.411 e. The predicted molar refractivity (Wildman–Crippen MR) is 160 cm³/mol. The topological polar surface area (TPSA) is 195 Å². The van der Waals surface area contributed by atoms with Crippen LogP contribution in [-0.2, 0) is 9.53 Å². The third kappa shape index (κ3) is 6.98. The van der Waals surface area contributed by atoms with Gasteiger partial charge < -0.3 is 26.1 Å². The Bertz CT molecular complexity index is 1670. The van der Waals surface area contributed by atoms with E-state index >= 15 is 0 Å². The minimum atomic E-state index is -0.701. The monoisotopic (exact) mass is 604 g/mol. The van der Waals surface area contributed by atoms with E-state index in [-0.39, 0.29) is 11.6 Å². The summed E-state index contributed by atoms with van der Waals surface area (Å²) in [5.74, 6) is -0.683. The Morgan fingerprint density at radius 1 is 1.16 bits per heavy atom. The molecular formula is C28H29ClN10O4. The van der Waals surface area contributed by atoms with Crippen LogP contribution in [0.25, 0.3) is 23.0 Å². The standard InChI is InChI=1S/C28H29ClN10O4/c1-43-28(42)33-18-8-9-19-21(14-18)31-12-4-2-3-5-20(27-35-24(19)25(36-27)26(30)41)34-23(40)11-6-16-13-17(29)7-10-22(16)39-15-32-37-38-39/h6-11,13-15,20,31H,2-5,12H2,1H3,(H2,30,41)(H,33,42)(H,34,40)(H,35,36)/b11-6+/t20-/m0/s1. The van der Waals surface area contributed by atoms with E-state index in [2.05, 4.69) is 36.5 Å². The number of primary amides is 1. The van der Waals surface area contributed by atoms with Gasteiger partial charge in [-0.2, -0.15) is 4.68 Å². The Morgan fingerprint density at radius 3 is 2.79 bits per heavy atom. The van der Waals surface area contributed by atoms with Crippen molar-refractivity contribution in [2.45, 2.75) is 31.7 Å². The number of aromatic amines is 1. The first kappa shape index (κ1) is 29.3. The molecule has 2 bridgehead atoms. The average Bonchev–Trinajstić information content (AvgIpc) is 3.68. The fraction of sp³-hybridized carbons (Fsp3) is 0.250. The molecule has 0 saturated carbocycles. The van der Waals surface area contributed by atoms with Crippen molar-refractivity contribution < 1.29 is 19.1 Å². The molecule has 1 atom stereocenters. The van der Waals surface area contributed by atoms with Crippen molar-refractivity contribution in [2.24, 2.45) is 5.73 Å². The van der Waals surface area contributed by atoms with Crippen LogP contribution in [0.1, 0.15) is 53.6 Å². The second-order valence-corrected chi connectivity index (χ2v) is 10.2. The van der Waals surface area contributed by atoms with Gasteiger partial charge in [0.05, 0.1) is 18.8 Å². The maximum absolute atomic E-state index is 13.2. The molecule has 6 N–H and O–H groups in total. The Morgan fingerprint density at radius 2 is 2.02 bits per heavy atom. The van der Waals surface area contributed by atoms with E-state index in [1.807, 2.05) is 0 Å². The number of hydrogen-bond acceptors (Lipinski definition) is 9. The normalized spacial score (nSPS) is 15.0. The van der Waals surface area contributed by atoms with Crippen molar-refractivity contribution in [1.82, 2.24) is 35.5 Å². The second-order valence-electron chi connectivity index (χ2n) is 9.71. The van der Waals surface area contributed by atoms with E-state index in [9.17, 15) is 14.4 Å². The molecule has 0 aliphatic carbocycles. The number of benzene rings is 2. The van der Waals surface area contributed by atoms with Crippen LogP contribution in [0.4, 0.5) is 16.2 Å². The molecule has 3 heterocycles. The zero-order valence-corrected chi connectivity index (χ0v) is 23.9. The van der Waals surface area contributed by atoms with Crippen molar-refractivity contribution in [1.29, 1.82) is 0 Å². The minimum Gasteiger partial charge on any atom is -0.453 e. The van der Waals surface area contributed by atoms with Gasteiger partial charge in [-0.25, -0.2) is 9.78 Å². The van der Waals surface area contributed by atoms with Gasteiger partial charge in [-0.05, 0) is 65.7 Å². The zero-order chi connectivity index (χ0) is 30.3. The zero-order valence-electron chi connectivity index (χ0n) is 23.1. The lowest BCUT2D eigenvalue weighted by molar-refractivity contribution is -0.117. The fourth-order valence-corrected chi connectivity index (χ4v) is 4.93. The summed E-state index contributed by atoms with van der Waals surface area (Å²) in [7, 11) is 1.28. The van der Waals surface area contributed by atoms with Crippen molar-refractivity contribution in [2.75, 3.05) is 24.3 Å². The lowest BCUT2D eigenvalue weighted by Crippen LogP contribution is -2.28. The Hall–Kier alpha value is -5.24. The number of amides is 3. The number of nitrogens with one attached hydrogen (secondary N) is 4. The summed E-state index contributed by atoms with van der Waals surface area (Å²) in [6, 6.07) is 9.77. The number of aromatic nitrogens is 6. The number of anilines is 2. The first-order valence-electron chi connectivity index (χ1n) is 13.5. The lowest BCUT2D eigenvalue weighted by atomic mass is 10.0. The highest BCUT2D eigenvalue weighted by Crippen LogP contribution is 2.34. The molecule has 0 saturated heterocycles. The van der Waals surface area contributed by atoms with Gasteiger partial charge in [-0.15, -0.1) is 5.10 Å². The third-order valence-electron chi connectivity index (χ3n) is 6.81. The number of nitrogens with two attached hydrogens (primary N) is 1. The molecule has 14 nitrogen and oxygen atoms in total. The number of halogens is 1. The van der Waals surface area contributed by atoms with Crippen LogP contribution in [0, 0.1) is 0 Å². The largest absolute Gasteiger partial charge is 0.453 e. The number of H-pyrrole nitrogens is 1. The second kappa shape index (κ2) is 13.2. The van der Waals surface area contributed by atoms with Crippen LogP contribution >= 0.6 is 11.6 Å². The van der Waals surface area contributed by atoms with E-state index in [0.29, 0.717) is 57.7 Å². The Kier molecular flexibility index (Phi) is 8.96. The molecule has 1 aliphatic rings. The van der Waals surface area contributed by atoms with Gasteiger partial charge >= 0.3 is 6.09 Å². The van der Waals surface area contributed by atoms with Gasteiger partial charge in [-0.1, -0.05) is 24.4 Å². The molecule has 222 valence electrons. The molecule has 4 aromatic rings. The molecule has 2 aromatic heterocycles. The van der Waals surface area contributed by atoms with E-state index in [4.69, 9.17) is 27.1 Å². The van der Waals surface area contributed by atoms with Crippen LogP contribution in [0.5, 0.6) is 0 Å². The number of rotatable bonds is 6. The number of ether oxygens (including phenoxy) is 1. The van der Waals surface area contributed by atoms with Crippen molar-refractivity contribution in [3.63, 3.8) is 0 Å². The molecule has 2 aromatic carbocycles. The van der Waals surface area contributed by atoms with Crippen molar-refractivity contribution in [3.05, 3.63) is 70.9 Å². The summed E-state index contributed by atoms with van der Waals surface area (Å²) in [6.45, 7) is 0.640. The number of fused-ring (bicyclic) bond motifs is 4. The van der Waals surface area contributed by atoms with Gasteiger partial charge in [0.2, 0.25) is 5.91 Å². The summed E-state index contributed by atoms with van der Waals surface area (Å²) >= 11 is 6.20. The fourth-order valence-electron chi connectivity index (χ4n) is 4.75. The first-order chi connectivity index (χ1) is 20.8. The van der Waals surface area contributed by atoms with Crippen molar-refractivity contribution >= 4 is 47.0 Å². The van der Waals surface area contributed by atoms with Gasteiger partial charge in [-0.3, -0.25) is 14.9 Å². The first-order valence-corrected chi connectivity index (χ1v) is 13.8. The van der Waals surface area contributed by atoms with Crippen LogP contribution in [-0.4, -0.2) is 61.7 Å². The van der Waals surface area contributed by atoms with E-state index in [0.717, 1.165) is 19.3 Å². The number of hydrogen-bond donors (Lipinski definition) is 5. The SMILES string of the molecule is COC(=O)Nc1ccc2c(c1)NCCCCC[C@H](NC(=O)/C=C/c1cc(Cl)ccc1-n1cnnn1)c1nc-2c(C(N)=O)[nH]1. The number of imidazole rings is 1. The van der Waals surface area contributed by atoms with Crippen LogP contribution in [0.2, 0.25) is 5.02 Å². The molecule has 0 radical (unpaired) electrons. The summed E-state index contributed by atoms with van der Waals surface area (Å²) in [5, 5.41) is 20.7. The molecule has 15 heteroatoms. The highest BCUT2D eigenvalue weighted by atomic mass is 35.5. The number of carbonyl (C=O) groups is 3. The number of methoxy groups -OCH3 is 1. The Labute approximate surface area is 251 Å². The van der Waals surface area contributed by atoms with Crippen LogP contribution < -0.4 is 21.7 Å². The molecule has 0 unspecified atom stereocenters. The summed E-state index contributed by atoms with van der Waals surface area (Å²) in [5.41, 5.74) is 9.21. The van der Waals surface area contributed by atoms with E-state index < -0.39 is 18.0 Å². The van der Waals surface area contributed by atoms with Crippen LogP contribution in [0.3, 0.4) is 0 Å². The van der Waals surface area contributed by atoms with Gasteiger partial charge in [0.1, 0.15) is 23.5 Å². The molecular weight excluding hydrogens is 576 g/mol. The van der Waals surface area contributed by atoms with Gasteiger partial charge in [0, 0.05) is 40.1 Å². The summed E-state index contributed by atoms with van der Waals surface area (Å²) < 4.78 is 6.16. The number of nitrogens with zero attached hydrogens (tertiary/aromatic N) is 5. The summed E-state index contributed by atoms with van der Waals surface area (Å²) in [6.07, 6.45) is 6.94. The molecule has 1 aliphatic heterocycles. The average molecular weight is 605 g/mol. The summed E-state index contributed by atoms with van der Waals surface area (Å²) in [4.78, 5) is 45.2. The van der Waals surface area contributed by atoms with Crippen molar-refractivity contribution in [3.8, 4) is 16.9 Å². The highest BCUT2D eigenvalue weighted by molar-refractivity contribution is 6.30. The molecule has 43 heavy (non-hydrogen) atoms. The predicted octanol–water partition coefficient (Wildman–Crippen LogP) is 3.84.